The highest BCUT2D eigenvalue weighted by Gasteiger charge is 2.36. The third-order valence-corrected chi connectivity index (χ3v) is 5.38. The lowest BCUT2D eigenvalue weighted by atomic mass is 9.79. The molecule has 150 valence electrons. The summed E-state index contributed by atoms with van der Waals surface area (Å²) in [6.45, 7) is 0.405. The lowest BCUT2D eigenvalue weighted by Crippen LogP contribution is -2.39. The third-order valence-electron chi connectivity index (χ3n) is 5.38. The van der Waals surface area contributed by atoms with Crippen LogP contribution >= 0.6 is 0 Å². The van der Waals surface area contributed by atoms with Gasteiger partial charge in [0.25, 0.3) is 0 Å². The fraction of sp³-hybridized carbons (Fsp3) is 0.318. The van der Waals surface area contributed by atoms with Crippen LogP contribution in [0.5, 0.6) is 11.5 Å². The molecule has 0 aliphatic heterocycles. The maximum Gasteiger partial charge on any atom is 0.223 e. The van der Waals surface area contributed by atoms with Gasteiger partial charge in [-0.1, -0.05) is 35.5 Å². The number of carbonyl (C=O) groups is 1. The average molecular weight is 392 g/mol. The molecule has 0 bridgehead atoms. The van der Waals surface area contributed by atoms with E-state index in [4.69, 9.17) is 9.47 Å². The van der Waals surface area contributed by atoms with E-state index in [0.29, 0.717) is 6.54 Å². The predicted octanol–water partition coefficient (Wildman–Crippen LogP) is 3.23. The van der Waals surface area contributed by atoms with Crippen LogP contribution in [-0.2, 0) is 11.3 Å². The van der Waals surface area contributed by atoms with Gasteiger partial charge in [-0.3, -0.25) is 4.79 Å². The van der Waals surface area contributed by atoms with E-state index in [1.54, 1.807) is 14.2 Å². The molecule has 29 heavy (non-hydrogen) atoms. The van der Waals surface area contributed by atoms with Crippen molar-refractivity contribution in [3.05, 3.63) is 60.3 Å². The highest BCUT2D eigenvalue weighted by molar-refractivity contribution is 5.79. The monoisotopic (exact) mass is 392 g/mol. The molecule has 0 atom stereocenters. The Bertz CT molecular complexity index is 981. The molecule has 1 saturated carbocycles. The number of hydrogen-bond donors (Lipinski definition) is 1. The van der Waals surface area contributed by atoms with Gasteiger partial charge in [0.1, 0.15) is 17.2 Å². The number of nitrogens with one attached hydrogen (secondary N) is 1. The molecule has 7 nitrogen and oxygen atoms in total. The molecular weight excluding hydrogens is 368 g/mol. The lowest BCUT2D eigenvalue weighted by molar-refractivity contribution is -0.129. The molecule has 3 aromatic rings. The van der Waals surface area contributed by atoms with Gasteiger partial charge in [0.15, 0.2) is 0 Å². The summed E-state index contributed by atoms with van der Waals surface area (Å²) in [6.07, 6.45) is 3.48. The van der Waals surface area contributed by atoms with Crippen molar-refractivity contribution in [3.63, 3.8) is 0 Å². The number of hydrogen-bond acceptors (Lipinski definition) is 5. The van der Waals surface area contributed by atoms with Gasteiger partial charge in [-0.2, -0.15) is 0 Å². The number of benzene rings is 2. The van der Waals surface area contributed by atoms with Gasteiger partial charge in [0.2, 0.25) is 5.91 Å². The van der Waals surface area contributed by atoms with Crippen LogP contribution < -0.4 is 14.8 Å². The molecule has 1 amide bonds. The Balaban J connectivity index is 1.31. The highest BCUT2D eigenvalue weighted by Crippen LogP contribution is 2.38. The molecule has 0 radical (unpaired) electrons. The molecule has 1 aliphatic carbocycles. The number of methoxy groups -OCH3 is 2. The van der Waals surface area contributed by atoms with E-state index < -0.39 is 0 Å². The minimum atomic E-state index is -0.0130. The summed E-state index contributed by atoms with van der Waals surface area (Å²) in [5, 5.41) is 11.5. The second kappa shape index (κ2) is 8.34. The van der Waals surface area contributed by atoms with E-state index in [9.17, 15) is 4.79 Å². The minimum Gasteiger partial charge on any atom is -0.497 e. The zero-order valence-electron chi connectivity index (χ0n) is 16.5. The Hall–Kier alpha value is -3.35. The van der Waals surface area contributed by atoms with Gasteiger partial charge < -0.3 is 14.8 Å². The smallest absolute Gasteiger partial charge is 0.223 e. The maximum absolute atomic E-state index is 12.5. The first-order valence-electron chi connectivity index (χ1n) is 9.64. The number of carbonyl (C=O) groups excluding carboxylic acids is 1. The van der Waals surface area contributed by atoms with E-state index in [1.807, 2.05) is 59.4 Å². The number of rotatable bonds is 7. The van der Waals surface area contributed by atoms with Gasteiger partial charge in [0, 0.05) is 23.6 Å². The normalized spacial score (nSPS) is 18.0. The van der Waals surface area contributed by atoms with Crippen molar-refractivity contribution in [1.82, 2.24) is 20.3 Å². The summed E-state index contributed by atoms with van der Waals surface area (Å²) in [5.74, 6) is 1.50. The van der Waals surface area contributed by atoms with Gasteiger partial charge in [0.05, 0.1) is 26.5 Å². The number of ether oxygens (including phenoxy) is 2. The fourth-order valence-corrected chi connectivity index (χ4v) is 3.56. The Kier molecular flexibility index (Phi) is 5.46. The summed E-state index contributed by atoms with van der Waals surface area (Å²) in [6, 6.07) is 15.7. The van der Waals surface area contributed by atoms with E-state index in [-0.39, 0.29) is 17.9 Å². The Morgan fingerprint density at radius 3 is 2.66 bits per heavy atom. The van der Waals surface area contributed by atoms with Crippen LogP contribution in [0.25, 0.3) is 11.3 Å². The Labute approximate surface area is 169 Å². The summed E-state index contributed by atoms with van der Waals surface area (Å²) in [4.78, 5) is 12.5. The second-order valence-electron chi connectivity index (χ2n) is 7.17. The first-order chi connectivity index (χ1) is 14.2. The van der Waals surface area contributed by atoms with E-state index >= 15 is 0 Å². The van der Waals surface area contributed by atoms with Crippen LogP contribution in [0.15, 0.2) is 54.7 Å². The van der Waals surface area contributed by atoms with E-state index in [1.165, 1.54) is 0 Å². The number of aromatic nitrogens is 3. The molecule has 0 unspecified atom stereocenters. The minimum absolute atomic E-state index is 0.0130. The maximum atomic E-state index is 12.5. The van der Waals surface area contributed by atoms with Crippen LogP contribution in [-0.4, -0.2) is 35.1 Å². The molecule has 4 rings (SSSR count). The molecule has 1 aromatic heterocycles. The SMILES string of the molecule is COc1ccc(OC)c(CNC(=O)C2CC(n3cc(-c4ccccc4)nn3)C2)c1. The molecule has 2 aromatic carbocycles. The summed E-state index contributed by atoms with van der Waals surface area (Å²) in [5.41, 5.74) is 2.78. The van der Waals surface area contributed by atoms with Crippen molar-refractivity contribution < 1.29 is 14.3 Å². The largest absolute Gasteiger partial charge is 0.497 e. The van der Waals surface area contributed by atoms with Crippen molar-refractivity contribution in [2.75, 3.05) is 14.2 Å². The Morgan fingerprint density at radius 2 is 1.93 bits per heavy atom. The highest BCUT2D eigenvalue weighted by atomic mass is 16.5. The van der Waals surface area contributed by atoms with Crippen LogP contribution in [0.3, 0.4) is 0 Å². The zero-order chi connectivity index (χ0) is 20.2. The molecule has 1 heterocycles. The quantitative estimate of drug-likeness (QED) is 0.668. The summed E-state index contributed by atoms with van der Waals surface area (Å²) in [7, 11) is 3.23. The molecule has 1 N–H and O–H groups in total. The zero-order valence-corrected chi connectivity index (χ0v) is 16.5. The predicted molar refractivity (Wildman–Crippen MR) is 109 cm³/mol. The summed E-state index contributed by atoms with van der Waals surface area (Å²) >= 11 is 0. The van der Waals surface area contributed by atoms with Crippen molar-refractivity contribution in [2.24, 2.45) is 5.92 Å². The van der Waals surface area contributed by atoms with Crippen LogP contribution in [0, 0.1) is 5.92 Å². The van der Waals surface area contributed by atoms with Crippen molar-refractivity contribution in [1.29, 1.82) is 0 Å². The average Bonchev–Trinajstić information content (AvgIpc) is 3.21. The standard InChI is InChI=1S/C22H24N4O3/c1-28-19-8-9-21(29-2)17(12-19)13-23-22(27)16-10-18(11-16)26-14-20(24-25-26)15-6-4-3-5-7-15/h3-9,12,14,16,18H,10-11,13H2,1-2H3,(H,23,27). The van der Waals surface area contributed by atoms with Crippen LogP contribution in [0.2, 0.25) is 0 Å². The van der Waals surface area contributed by atoms with Crippen molar-refractivity contribution in [2.45, 2.75) is 25.4 Å². The van der Waals surface area contributed by atoms with E-state index in [2.05, 4.69) is 15.6 Å². The molecule has 0 saturated heterocycles. The Morgan fingerprint density at radius 1 is 1.14 bits per heavy atom. The number of nitrogens with zero attached hydrogens (tertiary/aromatic N) is 3. The fourth-order valence-electron chi connectivity index (χ4n) is 3.56. The van der Waals surface area contributed by atoms with Crippen LogP contribution in [0.1, 0.15) is 24.4 Å². The topological polar surface area (TPSA) is 78.3 Å². The third kappa shape index (κ3) is 4.08. The van der Waals surface area contributed by atoms with E-state index in [0.717, 1.165) is 41.2 Å². The molecule has 7 heteroatoms. The summed E-state index contributed by atoms with van der Waals surface area (Å²) < 4.78 is 12.5. The first-order valence-corrected chi connectivity index (χ1v) is 9.64. The molecular formula is C22H24N4O3. The molecule has 1 fully saturated rings. The number of amides is 1. The van der Waals surface area contributed by atoms with Crippen molar-refractivity contribution in [3.8, 4) is 22.8 Å². The molecule has 0 spiro atoms. The van der Waals surface area contributed by atoms with Crippen molar-refractivity contribution >= 4 is 5.91 Å². The van der Waals surface area contributed by atoms with Gasteiger partial charge >= 0.3 is 0 Å². The first kappa shape index (κ1) is 19.0. The van der Waals surface area contributed by atoms with Gasteiger partial charge in [-0.05, 0) is 31.0 Å². The van der Waals surface area contributed by atoms with Gasteiger partial charge in [-0.15, -0.1) is 5.10 Å². The van der Waals surface area contributed by atoms with Gasteiger partial charge in [-0.25, -0.2) is 4.68 Å². The molecule has 1 aliphatic rings. The van der Waals surface area contributed by atoms with Crippen LogP contribution in [0.4, 0.5) is 0 Å². The second-order valence-corrected chi connectivity index (χ2v) is 7.17. The lowest BCUT2D eigenvalue weighted by Gasteiger charge is -2.33.